The van der Waals surface area contributed by atoms with Crippen molar-refractivity contribution in [2.45, 2.75) is 16.7 Å². The molecule has 0 fully saturated rings. The number of carbonyl (C=O) groups is 2. The van der Waals surface area contributed by atoms with Gasteiger partial charge >= 0.3 is 6.09 Å². The number of phenols is 1. The van der Waals surface area contributed by atoms with Gasteiger partial charge < -0.3 is 25.0 Å². The summed E-state index contributed by atoms with van der Waals surface area (Å²) in [4.78, 5) is 35.0. The molecule has 222 valence electrons. The smallest absolute Gasteiger partial charge is 0.424 e. The first-order valence-corrected chi connectivity index (χ1v) is 14.9. The van der Waals surface area contributed by atoms with E-state index in [2.05, 4.69) is 17.4 Å². The monoisotopic (exact) mass is 604 g/mol. The summed E-state index contributed by atoms with van der Waals surface area (Å²) in [5.41, 5.74) is 4.89. The number of carbonyl (C=O) groups excluding carboxylic acids is 2. The van der Waals surface area contributed by atoms with Crippen molar-refractivity contribution in [1.29, 1.82) is 0 Å². The number of amides is 2. The normalized spacial score (nSPS) is 11.9. The number of fused-ring (bicyclic) bond motifs is 3. The van der Waals surface area contributed by atoms with Crippen molar-refractivity contribution in [3.05, 3.63) is 102 Å². The Morgan fingerprint density at radius 1 is 0.773 bits per heavy atom. The maximum absolute atomic E-state index is 14.2. The number of anilines is 5. The number of phenolic OH excluding ortho intramolecular Hbond substituents is 1. The number of hydrogen-bond donors (Lipinski definition) is 2. The van der Waals surface area contributed by atoms with Gasteiger partial charge in [0.1, 0.15) is 11.5 Å². The van der Waals surface area contributed by atoms with Crippen molar-refractivity contribution < 1.29 is 19.4 Å². The van der Waals surface area contributed by atoms with Crippen LogP contribution in [0.3, 0.4) is 0 Å². The van der Waals surface area contributed by atoms with Crippen LogP contribution in [0.4, 0.5) is 33.2 Å². The molecule has 5 aromatic carbocycles. The van der Waals surface area contributed by atoms with E-state index in [0.717, 1.165) is 26.7 Å². The largest absolute Gasteiger partial charge is 0.506 e. The predicted molar refractivity (Wildman–Crippen MR) is 179 cm³/mol. The van der Waals surface area contributed by atoms with E-state index in [-0.39, 0.29) is 17.1 Å². The highest BCUT2D eigenvalue weighted by Crippen LogP contribution is 2.50. The first-order valence-electron chi connectivity index (χ1n) is 14.1. The van der Waals surface area contributed by atoms with E-state index in [9.17, 15) is 14.7 Å². The van der Waals surface area contributed by atoms with Gasteiger partial charge in [0, 0.05) is 65.8 Å². The lowest BCUT2D eigenvalue weighted by Crippen LogP contribution is -2.31. The number of aryl methyl sites for hydroxylation is 1. The highest BCUT2D eigenvalue weighted by atomic mass is 32.2. The first-order chi connectivity index (χ1) is 21.1. The second-order valence-corrected chi connectivity index (χ2v) is 12.1. The van der Waals surface area contributed by atoms with Gasteiger partial charge in [-0.05, 0) is 61.0 Å². The predicted octanol–water partition coefficient (Wildman–Crippen LogP) is 8.04. The number of rotatable bonds is 5. The fourth-order valence-electron chi connectivity index (χ4n) is 5.17. The summed E-state index contributed by atoms with van der Waals surface area (Å²) in [6.45, 7) is 1.89. The van der Waals surface area contributed by atoms with Gasteiger partial charge in [0.25, 0.3) is 5.91 Å². The van der Waals surface area contributed by atoms with Crippen LogP contribution in [0.15, 0.2) is 101 Å². The molecular weight excluding hydrogens is 572 g/mol. The average molecular weight is 605 g/mol. The molecule has 1 heterocycles. The van der Waals surface area contributed by atoms with Crippen molar-refractivity contribution in [2.75, 3.05) is 48.2 Å². The van der Waals surface area contributed by atoms with Gasteiger partial charge in [0.15, 0.2) is 0 Å². The van der Waals surface area contributed by atoms with Gasteiger partial charge in [-0.3, -0.25) is 4.79 Å². The van der Waals surface area contributed by atoms with E-state index in [4.69, 9.17) is 4.74 Å². The SMILES string of the molecule is Cc1ccccc1NC(=O)c1cc(OC(=O)N2c3ccc(N(C)C)cc3Sc3cc(N(C)C)ccc32)c2ccccc2c1O. The Morgan fingerprint density at radius 2 is 1.34 bits per heavy atom. The zero-order valence-corrected chi connectivity index (χ0v) is 25.9. The van der Waals surface area contributed by atoms with Crippen molar-refractivity contribution in [3.8, 4) is 11.5 Å². The molecule has 5 aromatic rings. The van der Waals surface area contributed by atoms with Gasteiger partial charge in [0.05, 0.1) is 16.9 Å². The molecule has 6 rings (SSSR count). The van der Waals surface area contributed by atoms with Crippen LogP contribution >= 0.6 is 11.8 Å². The molecule has 44 heavy (non-hydrogen) atoms. The minimum atomic E-state index is -0.635. The molecule has 0 aliphatic carbocycles. The molecule has 2 amide bonds. The quantitative estimate of drug-likeness (QED) is 0.210. The lowest BCUT2D eigenvalue weighted by atomic mass is 10.0. The summed E-state index contributed by atoms with van der Waals surface area (Å²) in [5, 5.41) is 14.9. The maximum atomic E-state index is 14.2. The molecule has 1 aliphatic rings. The summed E-state index contributed by atoms with van der Waals surface area (Å²) < 4.78 is 6.12. The number of hydrogen-bond acceptors (Lipinski definition) is 7. The van der Waals surface area contributed by atoms with Crippen LogP contribution < -0.4 is 24.8 Å². The average Bonchev–Trinajstić information content (AvgIpc) is 3.01. The number of nitrogens with zero attached hydrogens (tertiary/aromatic N) is 3. The Morgan fingerprint density at radius 3 is 1.93 bits per heavy atom. The van der Waals surface area contributed by atoms with Gasteiger partial charge in [-0.15, -0.1) is 0 Å². The van der Waals surface area contributed by atoms with E-state index in [1.807, 2.05) is 87.4 Å². The summed E-state index contributed by atoms with van der Waals surface area (Å²) in [7, 11) is 7.90. The third kappa shape index (κ3) is 5.26. The van der Waals surface area contributed by atoms with Crippen LogP contribution in [0.25, 0.3) is 10.8 Å². The van der Waals surface area contributed by atoms with E-state index < -0.39 is 12.0 Å². The topological polar surface area (TPSA) is 85.4 Å². The standard InChI is InChI=1S/C35H32N4O4S/c1-21-10-6-9-13-27(21)36-34(41)26-20-30(24-11-7-8-12-25(24)33(26)40)43-35(42)39-28-16-14-22(37(2)3)18-31(28)44-32-19-23(38(4)5)15-17-29(32)39/h6-20,40H,1-5H3,(H,36,41). The number of ether oxygens (including phenoxy) is 1. The van der Waals surface area contributed by atoms with Crippen LogP contribution in [-0.4, -0.2) is 45.3 Å². The molecular formula is C35H32N4O4S. The van der Waals surface area contributed by atoms with Gasteiger partial charge in [-0.2, -0.15) is 0 Å². The summed E-state index contributed by atoms with van der Waals surface area (Å²) in [6, 6.07) is 27.7. The summed E-state index contributed by atoms with van der Waals surface area (Å²) >= 11 is 1.60. The molecule has 8 nitrogen and oxygen atoms in total. The van der Waals surface area contributed by atoms with Gasteiger partial charge in [0.2, 0.25) is 0 Å². The summed E-state index contributed by atoms with van der Waals surface area (Å²) in [5.74, 6) is -0.546. The van der Waals surface area contributed by atoms with Crippen LogP contribution in [0.5, 0.6) is 11.5 Å². The minimum Gasteiger partial charge on any atom is -0.506 e. The Kier molecular flexibility index (Phi) is 7.57. The third-order valence-electron chi connectivity index (χ3n) is 7.62. The van der Waals surface area contributed by atoms with Crippen LogP contribution in [-0.2, 0) is 0 Å². The number of para-hydroxylation sites is 1. The van der Waals surface area contributed by atoms with Crippen LogP contribution in [0, 0.1) is 6.92 Å². The van der Waals surface area contributed by atoms with Gasteiger partial charge in [-0.1, -0.05) is 54.2 Å². The Labute approximate surface area is 260 Å². The molecule has 0 unspecified atom stereocenters. The molecule has 0 aromatic heterocycles. The zero-order valence-electron chi connectivity index (χ0n) is 25.1. The minimum absolute atomic E-state index is 0.00370. The second kappa shape index (κ2) is 11.5. The molecule has 0 saturated heterocycles. The second-order valence-electron chi connectivity index (χ2n) is 11.0. The molecule has 0 radical (unpaired) electrons. The van der Waals surface area contributed by atoms with E-state index in [0.29, 0.717) is 27.8 Å². The molecule has 9 heteroatoms. The van der Waals surface area contributed by atoms with Gasteiger partial charge in [-0.25, -0.2) is 9.69 Å². The van der Waals surface area contributed by atoms with E-state index >= 15 is 0 Å². The Bertz CT molecular complexity index is 1880. The molecule has 1 aliphatic heterocycles. The number of nitrogens with one attached hydrogen (secondary N) is 1. The Balaban J connectivity index is 1.43. The highest BCUT2D eigenvalue weighted by molar-refractivity contribution is 7.99. The van der Waals surface area contributed by atoms with Crippen molar-refractivity contribution in [1.82, 2.24) is 0 Å². The first kappa shape index (κ1) is 28.9. The Hall–Kier alpha value is -5.15. The van der Waals surface area contributed by atoms with Crippen molar-refractivity contribution in [2.24, 2.45) is 0 Å². The van der Waals surface area contributed by atoms with Crippen LogP contribution in [0.1, 0.15) is 15.9 Å². The number of aromatic hydroxyl groups is 1. The number of benzene rings is 5. The van der Waals surface area contributed by atoms with E-state index in [1.165, 1.54) is 6.07 Å². The molecule has 0 atom stereocenters. The van der Waals surface area contributed by atoms with Crippen LogP contribution in [0.2, 0.25) is 0 Å². The van der Waals surface area contributed by atoms with E-state index in [1.54, 1.807) is 47.0 Å². The maximum Gasteiger partial charge on any atom is 0.424 e. The van der Waals surface area contributed by atoms with Crippen molar-refractivity contribution >= 4 is 63.0 Å². The molecule has 2 N–H and O–H groups in total. The lowest BCUT2D eigenvalue weighted by Gasteiger charge is -2.32. The lowest BCUT2D eigenvalue weighted by molar-refractivity contribution is 0.102. The molecule has 0 spiro atoms. The molecule has 0 bridgehead atoms. The highest BCUT2D eigenvalue weighted by Gasteiger charge is 2.31. The third-order valence-corrected chi connectivity index (χ3v) is 8.71. The fourth-order valence-corrected chi connectivity index (χ4v) is 6.29. The van der Waals surface area contributed by atoms with Crippen molar-refractivity contribution in [3.63, 3.8) is 0 Å². The fraction of sp³-hybridized carbons (Fsp3) is 0.143. The zero-order chi connectivity index (χ0) is 31.1. The summed E-state index contributed by atoms with van der Waals surface area (Å²) in [6.07, 6.45) is -0.635. The molecule has 0 saturated carbocycles.